The van der Waals surface area contributed by atoms with Crippen molar-refractivity contribution in [2.45, 2.75) is 83.8 Å². The third kappa shape index (κ3) is 4.86. The zero-order valence-electron chi connectivity index (χ0n) is 20.3. The number of fused-ring (bicyclic) bond motifs is 3. The summed E-state index contributed by atoms with van der Waals surface area (Å²) in [6.07, 6.45) is 8.77. The van der Waals surface area contributed by atoms with E-state index in [4.69, 9.17) is 4.98 Å². The number of hydrogen-bond acceptors (Lipinski definition) is 6. The first-order valence-corrected chi connectivity index (χ1v) is 12.6. The number of aryl methyl sites for hydroxylation is 1. The molecular weight excluding hydrogens is 426 g/mol. The summed E-state index contributed by atoms with van der Waals surface area (Å²) in [5.41, 5.74) is 1.87. The predicted octanol–water partition coefficient (Wildman–Crippen LogP) is 5.17. The summed E-state index contributed by atoms with van der Waals surface area (Å²) in [5.74, 6) is 3.18. The fourth-order valence-corrected chi connectivity index (χ4v) is 5.50. The van der Waals surface area contributed by atoms with Crippen LogP contribution >= 0.6 is 0 Å². The summed E-state index contributed by atoms with van der Waals surface area (Å²) in [5, 5.41) is 15.3. The molecular formula is C26H35N7O. The first-order chi connectivity index (χ1) is 16.5. The Morgan fingerprint density at radius 2 is 2.00 bits per heavy atom. The summed E-state index contributed by atoms with van der Waals surface area (Å²) < 4.78 is 0. The number of pyridine rings is 2. The quantitative estimate of drug-likeness (QED) is 0.449. The van der Waals surface area contributed by atoms with Crippen LogP contribution in [0.5, 0.6) is 0 Å². The summed E-state index contributed by atoms with van der Waals surface area (Å²) >= 11 is 0. The van der Waals surface area contributed by atoms with Gasteiger partial charge in [0.2, 0.25) is 5.91 Å². The van der Waals surface area contributed by atoms with Gasteiger partial charge in [-0.15, -0.1) is 0 Å². The number of nitrogens with one attached hydrogen (secondary N) is 3. The normalized spacial score (nSPS) is 22.2. The number of anilines is 3. The van der Waals surface area contributed by atoms with Crippen LogP contribution in [0.1, 0.15) is 64.5 Å². The van der Waals surface area contributed by atoms with Crippen molar-refractivity contribution in [3.8, 4) is 0 Å². The number of H-pyrrole nitrogens is 1. The molecule has 2 saturated heterocycles. The maximum absolute atomic E-state index is 13.0. The fraction of sp³-hybridized carbons (Fsp3) is 0.538. The van der Waals surface area contributed by atoms with Crippen LogP contribution in [0.3, 0.4) is 0 Å². The first-order valence-electron chi connectivity index (χ1n) is 12.6. The van der Waals surface area contributed by atoms with E-state index in [9.17, 15) is 4.79 Å². The highest BCUT2D eigenvalue weighted by atomic mass is 16.2. The average Bonchev–Trinajstić information content (AvgIpc) is 3.21. The molecule has 2 fully saturated rings. The van der Waals surface area contributed by atoms with E-state index < -0.39 is 0 Å². The Hall–Kier alpha value is -3.16. The van der Waals surface area contributed by atoms with Gasteiger partial charge in [0.05, 0.1) is 5.52 Å². The molecule has 5 rings (SSSR count). The Labute approximate surface area is 200 Å². The largest absolute Gasteiger partial charge is 0.367 e. The topological polar surface area (TPSA) is 98.8 Å². The van der Waals surface area contributed by atoms with Gasteiger partial charge in [-0.25, -0.2) is 4.98 Å². The Balaban J connectivity index is 1.35. The van der Waals surface area contributed by atoms with E-state index in [1.165, 1.54) is 6.42 Å². The lowest BCUT2D eigenvalue weighted by Gasteiger charge is -2.49. The lowest BCUT2D eigenvalue weighted by atomic mass is 9.81. The number of rotatable bonds is 7. The molecule has 8 heteroatoms. The molecule has 180 valence electrons. The second-order valence-electron chi connectivity index (χ2n) is 10.3. The van der Waals surface area contributed by atoms with E-state index in [0.717, 1.165) is 60.3 Å². The number of carbonyl (C=O) groups is 1. The Morgan fingerprint density at radius 3 is 2.71 bits per heavy atom. The van der Waals surface area contributed by atoms with Crippen LogP contribution in [0.4, 0.5) is 17.5 Å². The molecule has 0 radical (unpaired) electrons. The lowest BCUT2D eigenvalue weighted by molar-refractivity contribution is -0.141. The molecule has 3 aromatic heterocycles. The highest BCUT2D eigenvalue weighted by Gasteiger charge is 2.40. The van der Waals surface area contributed by atoms with E-state index in [2.05, 4.69) is 50.6 Å². The van der Waals surface area contributed by atoms with Crippen molar-refractivity contribution in [1.29, 1.82) is 0 Å². The molecule has 8 nitrogen and oxygen atoms in total. The van der Waals surface area contributed by atoms with Crippen molar-refractivity contribution in [2.75, 3.05) is 10.6 Å². The molecule has 1 amide bonds. The van der Waals surface area contributed by atoms with Crippen LogP contribution < -0.4 is 10.6 Å². The smallest absolute Gasteiger partial charge is 0.223 e. The molecule has 3 atom stereocenters. The van der Waals surface area contributed by atoms with Gasteiger partial charge in [0.25, 0.3) is 0 Å². The number of aromatic nitrogens is 4. The second kappa shape index (κ2) is 9.60. The zero-order valence-corrected chi connectivity index (χ0v) is 20.3. The van der Waals surface area contributed by atoms with E-state index in [1.54, 1.807) is 6.20 Å². The minimum atomic E-state index is 0.281. The molecule has 0 aliphatic carbocycles. The van der Waals surface area contributed by atoms with Crippen LogP contribution in [0, 0.1) is 12.8 Å². The Morgan fingerprint density at radius 1 is 1.21 bits per heavy atom. The van der Waals surface area contributed by atoms with Gasteiger partial charge in [0, 0.05) is 54.0 Å². The number of carbonyl (C=O) groups excluding carboxylic acids is 1. The van der Waals surface area contributed by atoms with E-state index in [1.807, 2.05) is 25.1 Å². The maximum Gasteiger partial charge on any atom is 0.223 e. The van der Waals surface area contributed by atoms with Crippen molar-refractivity contribution in [2.24, 2.45) is 5.92 Å². The van der Waals surface area contributed by atoms with E-state index >= 15 is 0 Å². The van der Waals surface area contributed by atoms with Crippen molar-refractivity contribution in [1.82, 2.24) is 25.1 Å². The van der Waals surface area contributed by atoms with Crippen molar-refractivity contribution in [3.63, 3.8) is 0 Å². The standard InChI is InChI=1S/C26H35N7O/c1-16(2)9-10-25(34)33-19-6-4-7-20(33)14-18(13-19)28-26-21-8-5-11-27-22(21)15-23(30-26)29-24-12-17(3)31-32-24/h5,8,11-12,15-16,18-20H,4,6-7,9-10,13-14H2,1-3H3,(H3,28,29,30,31,32)/t18?,19-,20+. The number of hydrogen-bond donors (Lipinski definition) is 3. The Kier molecular flexibility index (Phi) is 6.39. The van der Waals surface area contributed by atoms with Crippen molar-refractivity contribution in [3.05, 3.63) is 36.2 Å². The van der Waals surface area contributed by atoms with Gasteiger partial charge in [0.15, 0.2) is 5.82 Å². The first kappa shape index (κ1) is 22.6. The van der Waals surface area contributed by atoms with Gasteiger partial charge in [-0.3, -0.25) is 14.9 Å². The highest BCUT2D eigenvalue weighted by molar-refractivity contribution is 5.91. The molecule has 2 aliphatic heterocycles. The molecule has 3 aromatic rings. The summed E-state index contributed by atoms with van der Waals surface area (Å²) in [6.45, 7) is 6.34. The molecule has 34 heavy (non-hydrogen) atoms. The van der Waals surface area contributed by atoms with Crippen molar-refractivity contribution >= 4 is 34.3 Å². The molecule has 0 saturated carbocycles. The molecule has 3 N–H and O–H groups in total. The van der Waals surface area contributed by atoms with Crippen LogP contribution in [-0.2, 0) is 4.79 Å². The van der Waals surface area contributed by atoms with E-state index in [-0.39, 0.29) is 6.04 Å². The van der Waals surface area contributed by atoms with Crippen LogP contribution in [0.15, 0.2) is 30.5 Å². The van der Waals surface area contributed by atoms with Crippen molar-refractivity contribution < 1.29 is 4.79 Å². The zero-order chi connectivity index (χ0) is 23.7. The van der Waals surface area contributed by atoms with Gasteiger partial charge >= 0.3 is 0 Å². The van der Waals surface area contributed by atoms with Gasteiger partial charge in [0.1, 0.15) is 11.6 Å². The van der Waals surface area contributed by atoms with Gasteiger partial charge < -0.3 is 15.5 Å². The number of amides is 1. The molecule has 2 aliphatic rings. The SMILES string of the molecule is Cc1cc(Nc2cc3ncccc3c(NC3C[C@H]4CCC[C@@H](C3)N4C(=O)CCC(C)C)n2)n[nH]1. The minimum Gasteiger partial charge on any atom is -0.367 e. The number of nitrogens with zero attached hydrogens (tertiary/aromatic N) is 4. The van der Waals surface area contributed by atoms with Crippen LogP contribution in [0.25, 0.3) is 10.9 Å². The summed E-state index contributed by atoms with van der Waals surface area (Å²) in [6, 6.07) is 8.84. The number of piperidine rings is 2. The van der Waals surface area contributed by atoms with Gasteiger partial charge in [-0.2, -0.15) is 5.10 Å². The lowest BCUT2D eigenvalue weighted by Crippen LogP contribution is -2.57. The van der Waals surface area contributed by atoms with Crippen LogP contribution in [0.2, 0.25) is 0 Å². The second-order valence-corrected chi connectivity index (χ2v) is 10.3. The highest BCUT2D eigenvalue weighted by Crippen LogP contribution is 2.37. The predicted molar refractivity (Wildman–Crippen MR) is 135 cm³/mol. The summed E-state index contributed by atoms with van der Waals surface area (Å²) in [4.78, 5) is 24.7. The molecule has 0 spiro atoms. The molecule has 2 bridgehead atoms. The van der Waals surface area contributed by atoms with Gasteiger partial charge in [-0.05, 0) is 63.5 Å². The van der Waals surface area contributed by atoms with Gasteiger partial charge in [-0.1, -0.05) is 13.8 Å². The molecule has 1 unspecified atom stereocenters. The third-order valence-electron chi connectivity index (χ3n) is 7.10. The fourth-order valence-electron chi connectivity index (χ4n) is 5.50. The van der Waals surface area contributed by atoms with E-state index in [0.29, 0.717) is 36.1 Å². The monoisotopic (exact) mass is 461 g/mol. The maximum atomic E-state index is 13.0. The molecule has 5 heterocycles. The minimum absolute atomic E-state index is 0.281. The Bertz CT molecular complexity index is 1140. The molecule has 0 aromatic carbocycles. The number of aromatic amines is 1. The third-order valence-corrected chi connectivity index (χ3v) is 7.10. The average molecular weight is 462 g/mol. The summed E-state index contributed by atoms with van der Waals surface area (Å²) in [7, 11) is 0. The van der Waals surface area contributed by atoms with Crippen LogP contribution in [-0.4, -0.2) is 49.1 Å².